The number of benzene rings is 1. The third kappa shape index (κ3) is 3.49. The monoisotopic (exact) mass is 371 g/mol. The summed E-state index contributed by atoms with van der Waals surface area (Å²) in [5.41, 5.74) is 9.49. The second-order valence-corrected chi connectivity index (χ2v) is 6.82. The van der Waals surface area contributed by atoms with Gasteiger partial charge in [-0.2, -0.15) is 0 Å². The molecule has 7 nitrogen and oxygen atoms in total. The third-order valence-corrected chi connectivity index (χ3v) is 5.20. The van der Waals surface area contributed by atoms with E-state index in [1.165, 1.54) is 0 Å². The fraction of sp³-hybridized carbons (Fsp3) is 0.400. The molecule has 7 heteroatoms. The molecule has 2 amide bonds. The molecular formula is C20H25N3O4. The highest BCUT2D eigenvalue weighted by molar-refractivity contribution is 5.87. The van der Waals surface area contributed by atoms with Crippen molar-refractivity contribution in [3.05, 3.63) is 46.8 Å². The van der Waals surface area contributed by atoms with Gasteiger partial charge in [0.25, 0.3) is 0 Å². The minimum atomic E-state index is -0.681. The van der Waals surface area contributed by atoms with E-state index in [-0.39, 0.29) is 12.5 Å². The predicted octanol–water partition coefficient (Wildman–Crippen LogP) is 1.56. The van der Waals surface area contributed by atoms with E-state index in [2.05, 4.69) is 0 Å². The number of primary amides is 1. The van der Waals surface area contributed by atoms with E-state index in [4.69, 9.17) is 15.2 Å². The lowest BCUT2D eigenvalue weighted by Gasteiger charge is -2.35. The topological polar surface area (TPSA) is 86.8 Å². The van der Waals surface area contributed by atoms with Crippen LogP contribution in [0.3, 0.4) is 0 Å². The molecule has 27 heavy (non-hydrogen) atoms. The molecule has 1 aliphatic rings. The summed E-state index contributed by atoms with van der Waals surface area (Å²) in [6.45, 7) is 4.39. The second kappa shape index (κ2) is 7.34. The molecule has 0 bridgehead atoms. The molecular weight excluding hydrogens is 346 g/mol. The molecule has 1 aliphatic heterocycles. The van der Waals surface area contributed by atoms with Gasteiger partial charge in [-0.1, -0.05) is 0 Å². The van der Waals surface area contributed by atoms with Gasteiger partial charge in [-0.05, 0) is 49.2 Å². The maximum absolute atomic E-state index is 13.0. The molecule has 1 aromatic carbocycles. The van der Waals surface area contributed by atoms with E-state index < -0.39 is 11.9 Å². The summed E-state index contributed by atoms with van der Waals surface area (Å²) in [6, 6.07) is 6.97. The minimum absolute atomic E-state index is 0.137. The highest BCUT2D eigenvalue weighted by Gasteiger charge is 2.34. The van der Waals surface area contributed by atoms with Crippen LogP contribution in [0.25, 0.3) is 0 Å². The molecule has 0 fully saturated rings. The number of amides is 2. The standard InChI is InChI=1S/C20H25N3O4/c1-12-5-6-13(2)22(12)11-19(24)23-10-15-9-18(27-4)17(26-3)8-14(15)7-16(23)20(21)25/h5-6,8-9,16H,7,10-11H2,1-4H3,(H2,21,25)/t16-/m0/s1. The van der Waals surface area contributed by atoms with Crippen LogP contribution in [0.1, 0.15) is 22.5 Å². The lowest BCUT2D eigenvalue weighted by atomic mass is 9.92. The summed E-state index contributed by atoms with van der Waals surface area (Å²) in [5.74, 6) is 0.544. The third-order valence-electron chi connectivity index (χ3n) is 5.20. The van der Waals surface area contributed by atoms with E-state index >= 15 is 0 Å². The van der Waals surface area contributed by atoms with E-state index in [1.54, 1.807) is 19.1 Å². The van der Waals surface area contributed by atoms with Gasteiger partial charge < -0.3 is 24.7 Å². The van der Waals surface area contributed by atoms with Crippen molar-refractivity contribution >= 4 is 11.8 Å². The first-order chi connectivity index (χ1) is 12.8. The Hall–Kier alpha value is -2.96. The average molecular weight is 371 g/mol. The molecule has 2 aromatic rings. The van der Waals surface area contributed by atoms with Gasteiger partial charge in [-0.15, -0.1) is 0 Å². The number of methoxy groups -OCH3 is 2. The number of nitrogens with zero attached hydrogens (tertiary/aromatic N) is 2. The molecule has 0 aliphatic carbocycles. The Kier molecular flexibility index (Phi) is 5.12. The quantitative estimate of drug-likeness (QED) is 0.864. The highest BCUT2D eigenvalue weighted by atomic mass is 16.5. The molecule has 3 rings (SSSR count). The first-order valence-corrected chi connectivity index (χ1v) is 8.81. The number of aryl methyl sites for hydroxylation is 2. The van der Waals surface area contributed by atoms with Gasteiger partial charge in [0, 0.05) is 24.4 Å². The largest absolute Gasteiger partial charge is 0.493 e. The van der Waals surface area contributed by atoms with E-state index in [1.807, 2.05) is 42.7 Å². The van der Waals surface area contributed by atoms with Crippen molar-refractivity contribution in [2.45, 2.75) is 39.4 Å². The summed E-state index contributed by atoms with van der Waals surface area (Å²) >= 11 is 0. The number of carbonyl (C=O) groups is 2. The lowest BCUT2D eigenvalue weighted by Crippen LogP contribution is -2.52. The molecule has 0 radical (unpaired) electrons. The van der Waals surface area contributed by atoms with Crippen LogP contribution in [0.15, 0.2) is 24.3 Å². The Labute approximate surface area is 158 Å². The summed E-state index contributed by atoms with van der Waals surface area (Å²) in [4.78, 5) is 26.6. The minimum Gasteiger partial charge on any atom is -0.493 e. The maximum Gasteiger partial charge on any atom is 0.243 e. The second-order valence-electron chi connectivity index (χ2n) is 6.82. The molecule has 2 heterocycles. The van der Waals surface area contributed by atoms with Crippen LogP contribution in [0, 0.1) is 13.8 Å². The van der Waals surface area contributed by atoms with Gasteiger partial charge in [0.2, 0.25) is 11.8 Å². The Morgan fingerprint density at radius 1 is 1.07 bits per heavy atom. The number of rotatable bonds is 5. The molecule has 0 spiro atoms. The van der Waals surface area contributed by atoms with E-state index in [9.17, 15) is 9.59 Å². The maximum atomic E-state index is 13.0. The Morgan fingerprint density at radius 3 is 2.15 bits per heavy atom. The summed E-state index contributed by atoms with van der Waals surface area (Å²) in [5, 5.41) is 0. The molecule has 144 valence electrons. The predicted molar refractivity (Wildman–Crippen MR) is 101 cm³/mol. The van der Waals surface area contributed by atoms with Gasteiger partial charge in [0.1, 0.15) is 12.6 Å². The average Bonchev–Trinajstić information content (AvgIpc) is 2.97. The van der Waals surface area contributed by atoms with Crippen molar-refractivity contribution in [3.8, 4) is 11.5 Å². The SMILES string of the molecule is COc1cc2c(cc1OC)CN(C(=O)Cn1c(C)ccc1C)[C@H](C(N)=O)C2. The van der Waals surface area contributed by atoms with Crippen LogP contribution in [-0.2, 0) is 29.1 Å². The molecule has 0 saturated carbocycles. The number of carbonyl (C=O) groups excluding carboxylic acids is 2. The Morgan fingerprint density at radius 2 is 1.63 bits per heavy atom. The van der Waals surface area contributed by atoms with E-state index in [0.717, 1.165) is 22.5 Å². The molecule has 0 unspecified atom stereocenters. The van der Waals surface area contributed by atoms with Crippen molar-refractivity contribution in [3.63, 3.8) is 0 Å². The van der Waals surface area contributed by atoms with Crippen molar-refractivity contribution in [2.75, 3.05) is 14.2 Å². The Bertz CT molecular complexity index is 868. The smallest absolute Gasteiger partial charge is 0.243 e. The molecule has 0 saturated heterocycles. The van der Waals surface area contributed by atoms with Crippen LogP contribution in [-0.4, -0.2) is 41.5 Å². The zero-order valence-corrected chi connectivity index (χ0v) is 16.1. The number of hydrogen-bond acceptors (Lipinski definition) is 4. The first-order valence-electron chi connectivity index (χ1n) is 8.81. The van der Waals surface area contributed by atoms with Gasteiger partial charge in [0.15, 0.2) is 11.5 Å². The van der Waals surface area contributed by atoms with Crippen LogP contribution in [0.4, 0.5) is 0 Å². The molecule has 2 N–H and O–H groups in total. The van der Waals surface area contributed by atoms with Crippen LogP contribution >= 0.6 is 0 Å². The summed E-state index contributed by atoms with van der Waals surface area (Å²) in [6.07, 6.45) is 0.362. The highest BCUT2D eigenvalue weighted by Crippen LogP contribution is 2.34. The van der Waals surface area contributed by atoms with Crippen LogP contribution in [0.5, 0.6) is 11.5 Å². The summed E-state index contributed by atoms with van der Waals surface area (Å²) in [7, 11) is 3.13. The number of hydrogen-bond donors (Lipinski definition) is 1. The van der Waals surface area contributed by atoms with E-state index in [0.29, 0.717) is 24.5 Å². The number of nitrogens with two attached hydrogens (primary N) is 1. The van der Waals surface area contributed by atoms with Gasteiger partial charge >= 0.3 is 0 Å². The van der Waals surface area contributed by atoms with Crippen LogP contribution in [0.2, 0.25) is 0 Å². The van der Waals surface area contributed by atoms with Crippen LogP contribution < -0.4 is 15.2 Å². The normalized spacial score (nSPS) is 16.0. The van der Waals surface area contributed by atoms with Crippen molar-refractivity contribution < 1.29 is 19.1 Å². The molecule has 1 atom stereocenters. The number of aromatic nitrogens is 1. The summed E-state index contributed by atoms with van der Waals surface area (Å²) < 4.78 is 12.6. The van der Waals surface area contributed by atoms with Crippen molar-refractivity contribution in [1.29, 1.82) is 0 Å². The van der Waals surface area contributed by atoms with Gasteiger partial charge in [-0.25, -0.2) is 0 Å². The van der Waals surface area contributed by atoms with Gasteiger partial charge in [-0.3, -0.25) is 9.59 Å². The van der Waals surface area contributed by atoms with Gasteiger partial charge in [0.05, 0.1) is 14.2 Å². The van der Waals surface area contributed by atoms with Crippen molar-refractivity contribution in [1.82, 2.24) is 9.47 Å². The molecule has 1 aromatic heterocycles. The zero-order chi connectivity index (χ0) is 19.7. The zero-order valence-electron chi connectivity index (χ0n) is 16.1. The first kappa shape index (κ1) is 18.8. The fourth-order valence-corrected chi connectivity index (χ4v) is 3.60. The number of fused-ring (bicyclic) bond motifs is 1. The van der Waals surface area contributed by atoms with Crippen molar-refractivity contribution in [2.24, 2.45) is 5.73 Å². The lowest BCUT2D eigenvalue weighted by molar-refractivity contribution is -0.141. The fourth-order valence-electron chi connectivity index (χ4n) is 3.60. The Balaban J connectivity index is 1.93. The number of ether oxygens (including phenoxy) is 2.